The maximum Gasteiger partial charge on any atom is 0.235 e. The van der Waals surface area contributed by atoms with Crippen LogP contribution in [0.25, 0.3) is 22.5 Å². The summed E-state index contributed by atoms with van der Waals surface area (Å²) in [6, 6.07) is 18.6. The minimum Gasteiger partial charge on any atom is -0.384 e. The van der Waals surface area contributed by atoms with Gasteiger partial charge in [0.15, 0.2) is 0 Å². The van der Waals surface area contributed by atoms with Gasteiger partial charge in [0.25, 0.3) is 0 Å². The Morgan fingerprint density at radius 2 is 1.62 bits per heavy atom. The summed E-state index contributed by atoms with van der Waals surface area (Å²) in [7, 11) is 1.73. The van der Waals surface area contributed by atoms with E-state index in [2.05, 4.69) is 34.7 Å². The third kappa shape index (κ3) is 3.28. The van der Waals surface area contributed by atoms with E-state index < -0.39 is 0 Å². The van der Waals surface area contributed by atoms with Gasteiger partial charge in [-0.2, -0.15) is 4.98 Å². The second-order valence-electron chi connectivity index (χ2n) is 6.83. The van der Waals surface area contributed by atoms with Crippen molar-refractivity contribution in [2.75, 3.05) is 26.8 Å². The van der Waals surface area contributed by atoms with Crippen LogP contribution in [0.2, 0.25) is 0 Å². The molecular weight excluding hydrogens is 326 g/mol. The van der Waals surface area contributed by atoms with Crippen LogP contribution in [0, 0.1) is 0 Å². The molecule has 5 nitrogen and oxygen atoms in total. The molecule has 0 spiro atoms. The number of nitrogens with one attached hydrogen (secondary N) is 1. The number of rotatable bonds is 5. The van der Waals surface area contributed by atoms with Crippen molar-refractivity contribution in [1.29, 1.82) is 0 Å². The SMILES string of the molecule is COCC1(c2nc(-c3ccc(-c4ccccc4)cc3)no2)CCNCC1. The first-order chi connectivity index (χ1) is 12.8. The number of methoxy groups -OCH3 is 1. The van der Waals surface area contributed by atoms with Crippen molar-refractivity contribution >= 4 is 0 Å². The van der Waals surface area contributed by atoms with Gasteiger partial charge in [-0.15, -0.1) is 0 Å². The molecule has 1 aromatic heterocycles. The highest BCUT2D eigenvalue weighted by Gasteiger charge is 2.39. The van der Waals surface area contributed by atoms with Crippen LogP contribution in [0.5, 0.6) is 0 Å². The van der Waals surface area contributed by atoms with Gasteiger partial charge in [0, 0.05) is 12.7 Å². The molecule has 0 unspecified atom stereocenters. The summed E-state index contributed by atoms with van der Waals surface area (Å²) in [5.41, 5.74) is 3.14. The van der Waals surface area contributed by atoms with Crippen molar-refractivity contribution in [3.05, 3.63) is 60.5 Å². The molecule has 5 heteroatoms. The molecule has 26 heavy (non-hydrogen) atoms. The average Bonchev–Trinajstić information content (AvgIpc) is 3.21. The molecule has 1 saturated heterocycles. The summed E-state index contributed by atoms with van der Waals surface area (Å²) in [5.74, 6) is 1.32. The molecule has 1 aliphatic heterocycles. The molecule has 0 amide bonds. The Bertz CT molecular complexity index is 832. The largest absolute Gasteiger partial charge is 0.384 e. The zero-order valence-electron chi connectivity index (χ0n) is 14.9. The Morgan fingerprint density at radius 1 is 0.962 bits per heavy atom. The number of ether oxygens (including phenoxy) is 1. The molecule has 1 fully saturated rings. The molecule has 3 aromatic rings. The van der Waals surface area contributed by atoms with Gasteiger partial charge < -0.3 is 14.6 Å². The van der Waals surface area contributed by atoms with Crippen molar-refractivity contribution < 1.29 is 9.26 Å². The Morgan fingerprint density at radius 3 is 2.31 bits per heavy atom. The van der Waals surface area contributed by atoms with Crippen LogP contribution in [-0.4, -0.2) is 36.9 Å². The minimum atomic E-state index is -0.185. The molecule has 1 aliphatic rings. The van der Waals surface area contributed by atoms with Crippen molar-refractivity contribution in [2.24, 2.45) is 0 Å². The normalized spacial score (nSPS) is 16.5. The summed E-state index contributed by atoms with van der Waals surface area (Å²) >= 11 is 0. The van der Waals surface area contributed by atoms with E-state index >= 15 is 0 Å². The van der Waals surface area contributed by atoms with Gasteiger partial charge in [-0.25, -0.2) is 0 Å². The Labute approximate surface area is 153 Å². The lowest BCUT2D eigenvalue weighted by atomic mass is 9.79. The van der Waals surface area contributed by atoms with Crippen molar-refractivity contribution in [1.82, 2.24) is 15.5 Å². The highest BCUT2D eigenvalue weighted by molar-refractivity contribution is 5.67. The van der Waals surface area contributed by atoms with Gasteiger partial charge >= 0.3 is 0 Å². The predicted molar refractivity (Wildman–Crippen MR) is 101 cm³/mol. The molecule has 0 saturated carbocycles. The second kappa shape index (κ2) is 7.40. The Hall–Kier alpha value is -2.50. The van der Waals surface area contributed by atoms with Crippen molar-refractivity contribution in [2.45, 2.75) is 18.3 Å². The van der Waals surface area contributed by atoms with E-state index in [1.807, 2.05) is 30.3 Å². The smallest absolute Gasteiger partial charge is 0.235 e. The first-order valence-corrected chi connectivity index (χ1v) is 9.00. The lowest BCUT2D eigenvalue weighted by Crippen LogP contribution is -2.43. The van der Waals surface area contributed by atoms with E-state index in [1.54, 1.807) is 7.11 Å². The molecule has 1 N–H and O–H groups in total. The van der Waals surface area contributed by atoms with Crippen LogP contribution >= 0.6 is 0 Å². The third-order valence-electron chi connectivity index (χ3n) is 5.11. The lowest BCUT2D eigenvalue weighted by Gasteiger charge is -2.33. The van der Waals surface area contributed by atoms with Crippen LogP contribution in [0.15, 0.2) is 59.1 Å². The van der Waals surface area contributed by atoms with Crippen molar-refractivity contribution in [3.63, 3.8) is 0 Å². The van der Waals surface area contributed by atoms with E-state index in [0.29, 0.717) is 18.3 Å². The molecule has 0 atom stereocenters. The molecule has 2 heterocycles. The summed E-state index contributed by atoms with van der Waals surface area (Å²) in [6.07, 6.45) is 1.88. The summed E-state index contributed by atoms with van der Waals surface area (Å²) in [5, 5.41) is 7.61. The lowest BCUT2D eigenvalue weighted by molar-refractivity contribution is 0.0850. The van der Waals surface area contributed by atoms with Crippen molar-refractivity contribution in [3.8, 4) is 22.5 Å². The number of hydrogen-bond acceptors (Lipinski definition) is 5. The number of benzene rings is 2. The van der Waals surface area contributed by atoms with Gasteiger partial charge in [-0.05, 0) is 37.1 Å². The standard InChI is InChI=1S/C21H23N3O2/c1-25-15-21(11-13-22-14-12-21)20-23-19(24-26-20)18-9-7-17(8-10-18)16-5-3-2-4-6-16/h2-10,22H,11-15H2,1H3. The maximum atomic E-state index is 5.66. The van der Waals surface area contributed by atoms with Crippen LogP contribution in [0.4, 0.5) is 0 Å². The van der Waals surface area contributed by atoms with Crippen LogP contribution in [0.1, 0.15) is 18.7 Å². The van der Waals surface area contributed by atoms with Crippen LogP contribution in [0.3, 0.4) is 0 Å². The summed E-state index contributed by atoms with van der Waals surface area (Å²) in [4.78, 5) is 4.71. The Balaban J connectivity index is 1.59. The highest BCUT2D eigenvalue weighted by atomic mass is 16.5. The topological polar surface area (TPSA) is 60.2 Å². The number of nitrogens with zero attached hydrogens (tertiary/aromatic N) is 2. The fourth-order valence-corrected chi connectivity index (χ4v) is 3.60. The first kappa shape index (κ1) is 16.9. The summed E-state index contributed by atoms with van der Waals surface area (Å²) < 4.78 is 11.1. The molecule has 134 valence electrons. The Kier molecular flexibility index (Phi) is 4.82. The predicted octanol–water partition coefficient (Wildman–Crippen LogP) is 3.67. The number of piperidine rings is 1. The summed E-state index contributed by atoms with van der Waals surface area (Å²) in [6.45, 7) is 2.48. The van der Waals surface area contributed by atoms with E-state index in [0.717, 1.165) is 31.5 Å². The first-order valence-electron chi connectivity index (χ1n) is 9.00. The van der Waals surface area contributed by atoms with E-state index in [4.69, 9.17) is 14.2 Å². The average molecular weight is 349 g/mol. The third-order valence-corrected chi connectivity index (χ3v) is 5.11. The highest BCUT2D eigenvalue weighted by Crippen LogP contribution is 2.34. The molecule has 2 aromatic carbocycles. The fraction of sp³-hybridized carbons (Fsp3) is 0.333. The zero-order chi connectivity index (χ0) is 17.8. The van der Waals surface area contributed by atoms with Gasteiger partial charge in [0.2, 0.25) is 11.7 Å². The van der Waals surface area contributed by atoms with Gasteiger partial charge in [-0.1, -0.05) is 59.8 Å². The number of hydrogen-bond donors (Lipinski definition) is 1. The molecule has 4 rings (SSSR count). The second-order valence-corrected chi connectivity index (χ2v) is 6.83. The van der Waals surface area contributed by atoms with Crippen LogP contribution in [-0.2, 0) is 10.2 Å². The monoisotopic (exact) mass is 349 g/mol. The molecule has 0 radical (unpaired) electrons. The van der Waals surface area contributed by atoms with Gasteiger partial charge in [-0.3, -0.25) is 0 Å². The molecular formula is C21H23N3O2. The minimum absolute atomic E-state index is 0.185. The quantitative estimate of drug-likeness (QED) is 0.761. The van der Waals surface area contributed by atoms with E-state index in [1.165, 1.54) is 11.1 Å². The fourth-order valence-electron chi connectivity index (χ4n) is 3.60. The van der Waals surface area contributed by atoms with Crippen LogP contribution < -0.4 is 5.32 Å². The molecule has 0 aliphatic carbocycles. The van der Waals surface area contributed by atoms with Gasteiger partial charge in [0.1, 0.15) is 0 Å². The molecule has 0 bridgehead atoms. The zero-order valence-corrected chi connectivity index (χ0v) is 14.9. The van der Waals surface area contributed by atoms with E-state index in [-0.39, 0.29) is 5.41 Å². The van der Waals surface area contributed by atoms with E-state index in [9.17, 15) is 0 Å². The van der Waals surface area contributed by atoms with Gasteiger partial charge in [0.05, 0.1) is 12.0 Å². The maximum absolute atomic E-state index is 5.66. The number of aromatic nitrogens is 2.